The second-order valence-corrected chi connectivity index (χ2v) is 32.8. The van der Waals surface area contributed by atoms with E-state index in [4.69, 9.17) is 45.8 Å². The number of hydrogen-bond donors (Lipinski definition) is 21. The predicted molar refractivity (Wildman–Crippen MR) is 432 cm³/mol. The number of hydrogen-bond acceptors (Lipinski definition) is 28. The SMILES string of the molecule is CCCCCCCCCCSCCN[C@@]1(C)C[C@H](O[C@H]2[C@H](Oc3c4cc5cc3Oc3ccc(cc3Cl)[C@@H](O)C(NC(=O)[C@H](CC(C)C)NC)C(=O)N[C@@H](CC(N)=O)C(=O)N[C@H]5C(=O)NC3C(=O)N[C@H](C(=O)N[C@H](C(=O)NC(CC(=O)O)C(=O)O)c5cc(O)cc(O)c5-c5cc3ccc5O)[C@H](O)c3ccc(cc3)O4)O[C@H](CO)[C@@H](O)[C@@H]2O)O[C@@H](C)[C@H]1O. The van der Waals surface area contributed by atoms with Gasteiger partial charge in [0, 0.05) is 41.5 Å². The molecular weight excluding hydrogens is 1620 g/mol. The first-order valence-electron chi connectivity index (χ1n) is 39.8. The Hall–Kier alpha value is -10.2. The van der Waals surface area contributed by atoms with Gasteiger partial charge >= 0.3 is 11.9 Å². The van der Waals surface area contributed by atoms with Crippen LogP contribution in [0, 0.1) is 5.92 Å². The summed E-state index contributed by atoms with van der Waals surface area (Å²) in [5.74, 6) is -17.9. The van der Waals surface area contributed by atoms with E-state index in [1.165, 1.54) is 75.5 Å². The molecule has 0 radical (unpaired) electrons. The minimum Gasteiger partial charge on any atom is -0.508 e. The van der Waals surface area contributed by atoms with Crippen molar-refractivity contribution in [1.29, 1.82) is 0 Å². The lowest BCUT2D eigenvalue weighted by molar-refractivity contribution is -0.334. The van der Waals surface area contributed by atoms with Crippen LogP contribution in [0.15, 0.2) is 84.9 Å². The van der Waals surface area contributed by atoms with Gasteiger partial charge in [0.15, 0.2) is 23.9 Å². The third-order valence-electron chi connectivity index (χ3n) is 21.6. The molecular formula is C82H105ClN10O27S. The number of unbranched alkanes of at least 4 members (excludes halogenated alkanes) is 7. The summed E-state index contributed by atoms with van der Waals surface area (Å²) in [6.45, 7) is 8.65. The van der Waals surface area contributed by atoms with Crippen LogP contribution in [0.4, 0.5) is 0 Å². The van der Waals surface area contributed by atoms with Crippen LogP contribution in [0.1, 0.15) is 170 Å². The van der Waals surface area contributed by atoms with Crippen LogP contribution < -0.4 is 67.8 Å². The van der Waals surface area contributed by atoms with E-state index in [1.54, 1.807) is 25.6 Å². The van der Waals surface area contributed by atoms with E-state index in [-0.39, 0.29) is 46.4 Å². The number of amides is 8. The molecule has 3 unspecified atom stereocenters. The van der Waals surface area contributed by atoms with E-state index >= 15 is 19.2 Å². The molecule has 0 spiro atoms. The Kier molecular flexibility index (Phi) is 32.0. The number of phenols is 3. The van der Waals surface area contributed by atoms with Crippen LogP contribution in [0.3, 0.4) is 0 Å². The van der Waals surface area contributed by atoms with Crippen LogP contribution in [0.2, 0.25) is 5.02 Å². The maximum atomic E-state index is 16.3. The molecule has 0 aromatic heterocycles. The summed E-state index contributed by atoms with van der Waals surface area (Å²) in [6, 6.07) is -1.95. The second kappa shape index (κ2) is 41.6. The second-order valence-electron chi connectivity index (χ2n) is 31.2. The number of carbonyl (C=O) groups is 10. The Balaban J connectivity index is 1.16. The van der Waals surface area contributed by atoms with Crippen molar-refractivity contribution in [3.8, 4) is 57.1 Å². The van der Waals surface area contributed by atoms with Gasteiger partial charge in [-0.25, -0.2) is 4.79 Å². The largest absolute Gasteiger partial charge is 0.508 e. The van der Waals surface area contributed by atoms with Crippen LogP contribution in [0.5, 0.6) is 46.0 Å². The fourth-order valence-corrected chi connectivity index (χ4v) is 16.2. The maximum Gasteiger partial charge on any atom is 0.326 e. The summed E-state index contributed by atoms with van der Waals surface area (Å²) >= 11 is 8.91. The van der Waals surface area contributed by atoms with E-state index in [0.29, 0.717) is 12.3 Å². The maximum absolute atomic E-state index is 16.3. The lowest BCUT2D eigenvalue weighted by Crippen LogP contribution is -2.65. The van der Waals surface area contributed by atoms with Crippen LogP contribution >= 0.6 is 23.4 Å². The number of aliphatic carboxylic acids is 2. The zero-order valence-corrected chi connectivity index (χ0v) is 68.8. The Morgan fingerprint density at radius 3 is 2.00 bits per heavy atom. The number of ether oxygens (including phenoxy) is 6. The number of carboxylic acids is 2. The van der Waals surface area contributed by atoms with E-state index < -0.39 is 256 Å². The Labute approximate surface area is 704 Å². The lowest BCUT2D eigenvalue weighted by Gasteiger charge is -2.48. The number of phenolic OH excluding ortho intramolecular Hbond substituents is 3. The van der Waals surface area contributed by atoms with Crippen molar-refractivity contribution in [3.63, 3.8) is 0 Å². The van der Waals surface area contributed by atoms with Crippen molar-refractivity contribution in [2.75, 3.05) is 31.7 Å². The number of nitrogens with two attached hydrogens (primary N) is 1. The first kappa shape index (κ1) is 93.1. The number of primary amides is 1. The van der Waals surface area contributed by atoms with Gasteiger partial charge < -0.3 is 138 Å². The number of carbonyl (C=O) groups excluding carboxylic acids is 8. The monoisotopic (exact) mass is 1730 g/mol. The zero-order chi connectivity index (χ0) is 88.0. The highest BCUT2D eigenvalue weighted by atomic mass is 35.5. The number of likely N-dealkylation sites (N-methyl/N-ethyl adjacent to an activating group) is 1. The molecule has 19 atom stereocenters. The quantitative estimate of drug-likeness (QED) is 0.0294. The van der Waals surface area contributed by atoms with Crippen LogP contribution in [-0.2, 0) is 62.2 Å². The van der Waals surface area contributed by atoms with Gasteiger partial charge in [0.1, 0.15) is 102 Å². The van der Waals surface area contributed by atoms with Gasteiger partial charge in [-0.15, -0.1) is 0 Å². The molecule has 7 aliphatic rings. The van der Waals surface area contributed by atoms with Crippen molar-refractivity contribution in [2.45, 2.75) is 227 Å². The standard InChI is InChI=1S/C82H105ClN10O27S/c1-7-8-9-10-11-12-13-14-24-121-25-23-86-82(5)35-59(115-38(4)72(82)105)119-71-69(104)68(103)56(36-94)118-81(71)120-70-54-29-42-30-55(70)117-53-22-18-41(28-47(53)83)67(102)65(92-73(106)48(85-6)26-37(2)3)78(111)87-49(33-57(84)98)74(107)89-62(42)76(109)90-61-40-17-21-51(96)45(27-40)60-46(31-43(95)32-52(60)97)63(77(110)88-50(80(113)114)34-58(99)100)91-79(112)64(93-75(61)108)66(101)39-15-19-44(116-54)20-16-39/h15-22,27-32,37-38,48-50,56,59,61-69,71-72,81,85-86,94-97,101-105H,7-14,23-26,33-36H2,1-6H3,(H2,84,98)(H,87,111)(H,88,110)(H,89,107)(H,90,109)(H,91,112)(H,92,106)(H,93,108)(H,99,100)(H,113,114)/t38-,48-,49-,50?,56+,59-,61?,62+,63-,64-,65?,66+,67+,68+,69-,71+,72+,81-,82-/m0/s1. The van der Waals surface area contributed by atoms with Gasteiger partial charge in [0.05, 0.1) is 42.7 Å². The highest BCUT2D eigenvalue weighted by Gasteiger charge is 2.52. The van der Waals surface area contributed by atoms with Crippen LogP contribution in [-0.4, -0.2) is 232 Å². The number of rotatable bonds is 30. The fraction of sp³-hybridized carbons (Fsp3) is 0.512. The Bertz CT molecular complexity index is 4590. The molecule has 37 nitrogen and oxygen atoms in total. The number of benzene rings is 5. The number of aromatic hydroxyl groups is 3. The molecule has 2 fully saturated rings. The topological polar surface area (TPSA) is 583 Å². The minimum atomic E-state index is -2.38. The molecule has 22 N–H and O–H groups in total. The average molecular weight is 1730 g/mol. The lowest BCUT2D eigenvalue weighted by atomic mass is 9.85. The van der Waals surface area contributed by atoms with Crippen molar-refractivity contribution < 1.29 is 133 Å². The van der Waals surface area contributed by atoms with Gasteiger partial charge in [-0.05, 0) is 128 Å². The van der Waals surface area contributed by atoms with E-state index in [0.717, 1.165) is 73.5 Å². The first-order chi connectivity index (χ1) is 57.5. The minimum absolute atomic E-state index is 0.101. The highest BCUT2D eigenvalue weighted by molar-refractivity contribution is 7.99. The summed E-state index contributed by atoms with van der Waals surface area (Å²) in [5, 5.41) is 149. The summed E-state index contributed by atoms with van der Waals surface area (Å²) in [4.78, 5) is 145. The molecule has 11 bridgehead atoms. The van der Waals surface area contributed by atoms with Gasteiger partial charge in [0.25, 0.3) is 0 Å². The normalized spacial score (nSPS) is 26.7. The van der Waals surface area contributed by atoms with Gasteiger partial charge in [-0.1, -0.05) is 102 Å². The predicted octanol–water partition coefficient (Wildman–Crippen LogP) is 2.92. The molecule has 8 amide bonds. The summed E-state index contributed by atoms with van der Waals surface area (Å²) in [5.41, 5.74) is 1.55. The number of carboxylic acid groups (broad SMARTS) is 2. The van der Waals surface area contributed by atoms with Crippen molar-refractivity contribution in [1.82, 2.24) is 47.9 Å². The number of halogens is 1. The van der Waals surface area contributed by atoms with Gasteiger partial charge in [-0.2, -0.15) is 11.8 Å². The number of fused-ring (bicyclic) bond motifs is 15. The summed E-state index contributed by atoms with van der Waals surface area (Å²) < 4.78 is 39.5. The van der Waals surface area contributed by atoms with Gasteiger partial charge in [0.2, 0.25) is 59.3 Å². The molecule has 5 aromatic rings. The van der Waals surface area contributed by atoms with E-state index in [9.17, 15) is 84.9 Å². The zero-order valence-electron chi connectivity index (χ0n) is 67.2. The molecule has 7 heterocycles. The number of thioether (sulfide) groups is 1. The number of aliphatic hydroxyl groups excluding tert-OH is 6. The first-order valence-corrected chi connectivity index (χ1v) is 41.4. The average Bonchev–Trinajstić information content (AvgIpc) is 0.754. The fourth-order valence-electron chi connectivity index (χ4n) is 15.1. The Morgan fingerprint density at radius 1 is 0.694 bits per heavy atom. The molecule has 658 valence electrons. The molecule has 5 aromatic carbocycles. The third-order valence-corrected chi connectivity index (χ3v) is 23.0. The molecule has 121 heavy (non-hydrogen) atoms. The van der Waals surface area contributed by atoms with Crippen molar-refractivity contribution >= 4 is 82.6 Å². The molecule has 2 saturated heterocycles. The summed E-state index contributed by atoms with van der Waals surface area (Å²) in [6.07, 6.45) is -10.2. The van der Waals surface area contributed by atoms with Crippen molar-refractivity contribution in [2.24, 2.45) is 11.7 Å². The van der Waals surface area contributed by atoms with Crippen molar-refractivity contribution in [3.05, 3.63) is 118 Å². The number of aliphatic hydroxyl groups is 6. The summed E-state index contributed by atoms with van der Waals surface area (Å²) in [7, 11) is 1.47. The van der Waals surface area contributed by atoms with Gasteiger partial charge in [-0.3, -0.25) is 43.2 Å². The Morgan fingerprint density at radius 2 is 1.35 bits per heavy atom. The number of nitrogens with one attached hydrogen (secondary N) is 9. The molecule has 39 heteroatoms. The van der Waals surface area contributed by atoms with E-state index in [2.05, 4.69) is 49.5 Å². The van der Waals surface area contributed by atoms with E-state index in [1.807, 2.05) is 19.2 Å². The highest BCUT2D eigenvalue weighted by Crippen LogP contribution is 2.49. The smallest absolute Gasteiger partial charge is 0.326 e. The molecule has 7 aliphatic heterocycles. The molecule has 12 rings (SSSR count). The molecule has 0 aliphatic carbocycles. The third kappa shape index (κ3) is 22.9. The molecule has 0 saturated carbocycles. The van der Waals surface area contributed by atoms with Crippen LogP contribution in [0.25, 0.3) is 11.1 Å².